The number of benzene rings is 2. The van der Waals surface area contributed by atoms with Crippen molar-refractivity contribution in [1.82, 2.24) is 15.0 Å². The van der Waals surface area contributed by atoms with Gasteiger partial charge in [-0.25, -0.2) is 4.98 Å². The standard InChI is InChI=1S/C19H13N3O/c23-19-18(21-16-5-1-2-6-17(16)22-19)10-8-13-7-9-15-14(12-13)4-3-11-20-15/h1-12H,(H,22,23). The number of hydrogen-bond donors (Lipinski definition) is 1. The van der Waals surface area contributed by atoms with Crippen LogP contribution in [0.3, 0.4) is 0 Å². The van der Waals surface area contributed by atoms with E-state index in [1.165, 1.54) is 0 Å². The molecule has 4 heteroatoms. The van der Waals surface area contributed by atoms with Crippen LogP contribution in [-0.2, 0) is 0 Å². The van der Waals surface area contributed by atoms with Gasteiger partial charge in [0.15, 0.2) is 0 Å². The normalized spacial score (nSPS) is 11.5. The molecule has 2 heterocycles. The number of aromatic amines is 1. The number of aromatic nitrogens is 3. The van der Waals surface area contributed by atoms with Crippen LogP contribution in [0.2, 0.25) is 0 Å². The van der Waals surface area contributed by atoms with Gasteiger partial charge in [0.1, 0.15) is 5.69 Å². The monoisotopic (exact) mass is 299 g/mol. The molecule has 4 nitrogen and oxygen atoms in total. The van der Waals surface area contributed by atoms with Crippen molar-refractivity contribution >= 4 is 34.1 Å². The van der Waals surface area contributed by atoms with Crippen molar-refractivity contribution < 1.29 is 0 Å². The van der Waals surface area contributed by atoms with Crippen LogP contribution in [0.5, 0.6) is 0 Å². The van der Waals surface area contributed by atoms with Gasteiger partial charge in [-0.15, -0.1) is 0 Å². The highest BCUT2D eigenvalue weighted by Crippen LogP contribution is 2.15. The highest BCUT2D eigenvalue weighted by atomic mass is 16.1. The number of nitrogens with one attached hydrogen (secondary N) is 1. The average molecular weight is 299 g/mol. The van der Waals surface area contributed by atoms with Crippen LogP contribution in [0.4, 0.5) is 0 Å². The molecule has 0 fully saturated rings. The van der Waals surface area contributed by atoms with Gasteiger partial charge in [0.05, 0.1) is 16.6 Å². The van der Waals surface area contributed by atoms with Crippen molar-refractivity contribution in [2.24, 2.45) is 0 Å². The summed E-state index contributed by atoms with van der Waals surface area (Å²) in [6.45, 7) is 0. The molecule has 0 saturated heterocycles. The van der Waals surface area contributed by atoms with Gasteiger partial charge in [-0.3, -0.25) is 9.78 Å². The molecular formula is C19H13N3O. The molecule has 0 bridgehead atoms. The number of hydrogen-bond acceptors (Lipinski definition) is 3. The van der Waals surface area contributed by atoms with Crippen molar-refractivity contribution in [1.29, 1.82) is 0 Å². The van der Waals surface area contributed by atoms with Crippen LogP contribution in [0.1, 0.15) is 11.3 Å². The van der Waals surface area contributed by atoms with Crippen molar-refractivity contribution in [3.63, 3.8) is 0 Å². The van der Waals surface area contributed by atoms with Crippen LogP contribution in [0, 0.1) is 0 Å². The SMILES string of the molecule is O=c1[nH]c2ccccc2nc1C=Cc1ccc2ncccc2c1. The van der Waals surface area contributed by atoms with E-state index < -0.39 is 0 Å². The van der Waals surface area contributed by atoms with Crippen LogP contribution in [-0.4, -0.2) is 15.0 Å². The second-order valence-electron chi connectivity index (χ2n) is 5.26. The molecule has 0 unspecified atom stereocenters. The lowest BCUT2D eigenvalue weighted by molar-refractivity contribution is 1.19. The van der Waals surface area contributed by atoms with E-state index >= 15 is 0 Å². The lowest BCUT2D eigenvalue weighted by Gasteiger charge is -2.00. The Morgan fingerprint density at radius 2 is 1.83 bits per heavy atom. The number of H-pyrrole nitrogens is 1. The van der Waals surface area contributed by atoms with Crippen molar-refractivity contribution in [2.45, 2.75) is 0 Å². The molecule has 23 heavy (non-hydrogen) atoms. The van der Waals surface area contributed by atoms with E-state index in [0.29, 0.717) is 5.69 Å². The molecule has 0 atom stereocenters. The Hall–Kier alpha value is -3.27. The van der Waals surface area contributed by atoms with Crippen molar-refractivity contribution in [3.05, 3.63) is 82.4 Å². The van der Waals surface area contributed by atoms with Gasteiger partial charge in [-0.1, -0.05) is 30.3 Å². The second-order valence-corrected chi connectivity index (χ2v) is 5.26. The van der Waals surface area contributed by atoms with Crippen LogP contribution in [0.25, 0.3) is 34.1 Å². The zero-order valence-corrected chi connectivity index (χ0v) is 12.2. The highest BCUT2D eigenvalue weighted by Gasteiger charge is 2.01. The molecule has 2 aromatic carbocycles. The van der Waals surface area contributed by atoms with Gasteiger partial charge in [-0.2, -0.15) is 0 Å². The third kappa shape index (κ3) is 2.62. The molecule has 1 N–H and O–H groups in total. The quantitative estimate of drug-likeness (QED) is 0.614. The number of fused-ring (bicyclic) bond motifs is 2. The van der Waals surface area contributed by atoms with Gasteiger partial charge < -0.3 is 4.98 Å². The molecule has 0 amide bonds. The smallest absolute Gasteiger partial charge is 0.274 e. The predicted octanol–water partition coefficient (Wildman–Crippen LogP) is 3.64. The molecule has 0 saturated carbocycles. The summed E-state index contributed by atoms with van der Waals surface area (Å²) in [4.78, 5) is 23.6. The number of pyridine rings is 1. The van der Waals surface area contributed by atoms with Crippen molar-refractivity contribution in [3.8, 4) is 0 Å². The minimum Gasteiger partial charge on any atom is -0.319 e. The lowest BCUT2D eigenvalue weighted by Crippen LogP contribution is -2.11. The largest absolute Gasteiger partial charge is 0.319 e. The molecule has 2 aromatic heterocycles. The summed E-state index contributed by atoms with van der Waals surface area (Å²) < 4.78 is 0. The molecule has 0 aliphatic rings. The molecule has 4 rings (SSSR count). The molecule has 110 valence electrons. The van der Waals surface area contributed by atoms with Gasteiger partial charge >= 0.3 is 0 Å². The van der Waals surface area contributed by atoms with E-state index in [-0.39, 0.29) is 5.56 Å². The Kier molecular flexibility index (Phi) is 3.20. The fourth-order valence-electron chi connectivity index (χ4n) is 2.53. The third-order valence-corrected chi connectivity index (χ3v) is 3.69. The van der Waals surface area contributed by atoms with Crippen LogP contribution >= 0.6 is 0 Å². The maximum absolute atomic E-state index is 12.1. The highest BCUT2D eigenvalue weighted by molar-refractivity contribution is 5.83. The summed E-state index contributed by atoms with van der Waals surface area (Å²) in [6.07, 6.45) is 5.40. The molecular weight excluding hydrogens is 286 g/mol. The molecule has 0 radical (unpaired) electrons. The zero-order valence-electron chi connectivity index (χ0n) is 12.2. The van der Waals surface area contributed by atoms with Gasteiger partial charge in [-0.05, 0) is 42.0 Å². The van der Waals surface area contributed by atoms with Gasteiger partial charge in [0.25, 0.3) is 5.56 Å². The predicted molar refractivity (Wildman–Crippen MR) is 93.0 cm³/mol. The Balaban J connectivity index is 1.74. The molecule has 0 aliphatic heterocycles. The summed E-state index contributed by atoms with van der Waals surface area (Å²) in [7, 11) is 0. The molecule has 0 aliphatic carbocycles. The van der Waals surface area contributed by atoms with Crippen LogP contribution in [0.15, 0.2) is 65.6 Å². The van der Waals surface area contributed by atoms with E-state index in [1.807, 2.05) is 60.7 Å². The summed E-state index contributed by atoms with van der Waals surface area (Å²) in [5, 5.41) is 1.06. The Bertz CT molecular complexity index is 1100. The fraction of sp³-hybridized carbons (Fsp3) is 0. The van der Waals surface area contributed by atoms with E-state index in [4.69, 9.17) is 0 Å². The maximum atomic E-state index is 12.1. The number of para-hydroxylation sites is 2. The lowest BCUT2D eigenvalue weighted by atomic mass is 10.1. The second kappa shape index (κ2) is 5.50. The minimum absolute atomic E-state index is 0.192. The summed E-state index contributed by atoms with van der Waals surface area (Å²) in [5.41, 5.74) is 3.67. The third-order valence-electron chi connectivity index (χ3n) is 3.69. The molecule has 0 spiro atoms. The summed E-state index contributed by atoms with van der Waals surface area (Å²) in [5.74, 6) is 0. The van der Waals surface area contributed by atoms with Gasteiger partial charge in [0, 0.05) is 11.6 Å². The first-order valence-electron chi connectivity index (χ1n) is 7.31. The first-order chi connectivity index (χ1) is 11.3. The Morgan fingerprint density at radius 3 is 2.78 bits per heavy atom. The maximum Gasteiger partial charge on any atom is 0.274 e. The topological polar surface area (TPSA) is 58.6 Å². The van der Waals surface area contributed by atoms with E-state index in [9.17, 15) is 4.79 Å². The first-order valence-corrected chi connectivity index (χ1v) is 7.31. The van der Waals surface area contributed by atoms with E-state index in [2.05, 4.69) is 15.0 Å². The fourth-order valence-corrected chi connectivity index (χ4v) is 2.53. The van der Waals surface area contributed by atoms with Gasteiger partial charge in [0.2, 0.25) is 0 Å². The van der Waals surface area contributed by atoms with Crippen molar-refractivity contribution in [2.75, 3.05) is 0 Å². The Labute approximate surface area is 132 Å². The minimum atomic E-state index is -0.192. The summed E-state index contributed by atoms with van der Waals surface area (Å²) >= 11 is 0. The number of rotatable bonds is 2. The number of nitrogens with zero attached hydrogens (tertiary/aromatic N) is 2. The molecule has 4 aromatic rings. The first kappa shape index (κ1) is 13.4. The zero-order chi connectivity index (χ0) is 15.6. The van der Waals surface area contributed by atoms with E-state index in [0.717, 1.165) is 27.5 Å². The van der Waals surface area contributed by atoms with Crippen LogP contribution < -0.4 is 5.56 Å². The average Bonchev–Trinajstić information content (AvgIpc) is 2.59. The Morgan fingerprint density at radius 1 is 0.913 bits per heavy atom. The summed E-state index contributed by atoms with van der Waals surface area (Å²) in [6, 6.07) is 17.4. The van der Waals surface area contributed by atoms with E-state index in [1.54, 1.807) is 12.3 Å².